The average Bonchev–Trinajstić information content (AvgIpc) is 2.84. The number of likely N-dealkylation sites (tertiary alicyclic amines) is 1. The van der Waals surface area contributed by atoms with E-state index in [2.05, 4.69) is 17.3 Å². The number of hydrogen-bond acceptors (Lipinski definition) is 3. The van der Waals surface area contributed by atoms with Crippen LogP contribution in [-0.4, -0.2) is 43.6 Å². The molecule has 1 saturated heterocycles. The highest BCUT2D eigenvalue weighted by molar-refractivity contribution is 6.30. The highest BCUT2D eigenvalue weighted by atomic mass is 35.5. The third kappa shape index (κ3) is 4.69. The number of carbonyl (C=O) groups excluding carboxylic acids is 1. The highest BCUT2D eigenvalue weighted by Gasteiger charge is 2.20. The van der Waals surface area contributed by atoms with Crippen molar-refractivity contribution in [2.24, 2.45) is 0 Å². The molecule has 0 unspecified atom stereocenters. The predicted molar refractivity (Wildman–Crippen MR) is 80.2 cm³/mol. The minimum absolute atomic E-state index is 0.0410. The van der Waals surface area contributed by atoms with Crippen molar-refractivity contribution in [3.63, 3.8) is 0 Å². The van der Waals surface area contributed by atoms with Gasteiger partial charge in [0.25, 0.3) is 0 Å². The summed E-state index contributed by atoms with van der Waals surface area (Å²) in [6, 6.07) is 7.62. The number of hydrogen-bond donors (Lipinski definition) is 1. The summed E-state index contributed by atoms with van der Waals surface area (Å²) in [5, 5.41) is 3.65. The second-order valence-corrected chi connectivity index (χ2v) is 5.57. The molecule has 0 aromatic heterocycles. The Morgan fingerprint density at radius 1 is 1.45 bits per heavy atom. The predicted octanol–water partition coefficient (Wildman–Crippen LogP) is 2.32. The highest BCUT2D eigenvalue weighted by Crippen LogP contribution is 2.15. The maximum Gasteiger partial charge on any atom is 0.223 e. The van der Waals surface area contributed by atoms with Crippen LogP contribution in [0.1, 0.15) is 19.3 Å². The molecule has 5 heteroatoms. The largest absolute Gasteiger partial charge is 0.493 e. The first kappa shape index (κ1) is 15.1. The topological polar surface area (TPSA) is 41.6 Å². The molecule has 20 heavy (non-hydrogen) atoms. The summed E-state index contributed by atoms with van der Waals surface area (Å²) in [5.74, 6) is 0.775. The first-order valence-corrected chi connectivity index (χ1v) is 7.38. The number of nitrogens with one attached hydrogen (secondary N) is 1. The Balaban J connectivity index is 1.61. The van der Waals surface area contributed by atoms with Crippen LogP contribution >= 0.6 is 11.6 Å². The molecule has 0 saturated carbocycles. The maximum absolute atomic E-state index is 11.7. The van der Waals surface area contributed by atoms with E-state index in [-0.39, 0.29) is 5.91 Å². The molecule has 1 N–H and O–H groups in total. The maximum atomic E-state index is 11.7. The van der Waals surface area contributed by atoms with Gasteiger partial charge in [0.1, 0.15) is 5.75 Å². The fourth-order valence-electron chi connectivity index (χ4n) is 2.35. The van der Waals surface area contributed by atoms with E-state index >= 15 is 0 Å². The lowest BCUT2D eigenvalue weighted by Crippen LogP contribution is -2.38. The summed E-state index contributed by atoms with van der Waals surface area (Å²) < 4.78 is 5.49. The lowest BCUT2D eigenvalue weighted by Gasteiger charge is -2.19. The summed E-state index contributed by atoms with van der Waals surface area (Å²) in [4.78, 5) is 14.0. The van der Waals surface area contributed by atoms with Crippen LogP contribution in [0.2, 0.25) is 5.02 Å². The van der Waals surface area contributed by atoms with Crippen molar-refractivity contribution in [1.82, 2.24) is 10.2 Å². The van der Waals surface area contributed by atoms with Crippen LogP contribution in [0.25, 0.3) is 0 Å². The summed E-state index contributed by atoms with van der Waals surface area (Å²) >= 11 is 5.79. The van der Waals surface area contributed by atoms with Crippen LogP contribution in [0.5, 0.6) is 5.75 Å². The van der Waals surface area contributed by atoms with Gasteiger partial charge in [-0.2, -0.15) is 0 Å². The van der Waals surface area contributed by atoms with Gasteiger partial charge in [-0.1, -0.05) is 11.6 Å². The summed E-state index contributed by atoms with van der Waals surface area (Å²) in [5.41, 5.74) is 0. The molecular formula is C15H21ClN2O2. The zero-order chi connectivity index (χ0) is 14.4. The number of rotatable bonds is 6. The van der Waals surface area contributed by atoms with Gasteiger partial charge in [0.05, 0.1) is 13.0 Å². The molecule has 1 amide bonds. The third-order valence-corrected chi connectivity index (χ3v) is 3.87. The number of nitrogens with zero attached hydrogens (tertiary/aromatic N) is 1. The van der Waals surface area contributed by atoms with Crippen LogP contribution in [0.3, 0.4) is 0 Å². The van der Waals surface area contributed by atoms with E-state index in [4.69, 9.17) is 16.3 Å². The van der Waals surface area contributed by atoms with E-state index < -0.39 is 0 Å². The van der Waals surface area contributed by atoms with Crippen LogP contribution in [0, 0.1) is 0 Å². The normalized spacial score (nSPS) is 19.0. The minimum Gasteiger partial charge on any atom is -0.493 e. The van der Waals surface area contributed by atoms with Gasteiger partial charge in [0.2, 0.25) is 5.91 Å². The summed E-state index contributed by atoms with van der Waals surface area (Å²) in [7, 11) is 2.10. The average molecular weight is 297 g/mol. The lowest BCUT2D eigenvalue weighted by atomic mass is 10.2. The number of benzene rings is 1. The Morgan fingerprint density at radius 3 is 2.85 bits per heavy atom. The number of ether oxygens (including phenoxy) is 1. The van der Waals surface area contributed by atoms with E-state index in [1.807, 2.05) is 0 Å². The van der Waals surface area contributed by atoms with Gasteiger partial charge in [0.15, 0.2) is 0 Å². The van der Waals surface area contributed by atoms with Crippen molar-refractivity contribution in [1.29, 1.82) is 0 Å². The molecule has 2 rings (SSSR count). The number of likely N-dealkylation sites (N-methyl/N-ethyl adjacent to an activating group) is 1. The second kappa shape index (κ2) is 7.50. The van der Waals surface area contributed by atoms with E-state index in [9.17, 15) is 4.79 Å². The molecule has 1 heterocycles. The first-order valence-electron chi connectivity index (χ1n) is 7.00. The Bertz CT molecular complexity index is 436. The van der Waals surface area contributed by atoms with Crippen LogP contribution in [0.15, 0.2) is 24.3 Å². The molecule has 1 fully saturated rings. The summed E-state index contributed by atoms with van der Waals surface area (Å²) in [6.45, 7) is 2.24. The van der Waals surface area contributed by atoms with Crippen molar-refractivity contribution in [2.75, 3.05) is 26.7 Å². The van der Waals surface area contributed by atoms with Gasteiger partial charge in [0, 0.05) is 17.6 Å². The SMILES string of the molecule is CN1CCC[C@@H]1CNC(=O)CCOc1ccc(Cl)cc1. The molecule has 0 radical (unpaired) electrons. The molecule has 4 nitrogen and oxygen atoms in total. The molecule has 1 aliphatic heterocycles. The Hall–Kier alpha value is -1.26. The number of amides is 1. The van der Waals surface area contributed by atoms with E-state index in [1.165, 1.54) is 6.42 Å². The van der Waals surface area contributed by atoms with Crippen LogP contribution in [0.4, 0.5) is 0 Å². The van der Waals surface area contributed by atoms with Crippen molar-refractivity contribution in [2.45, 2.75) is 25.3 Å². The Morgan fingerprint density at radius 2 is 2.20 bits per heavy atom. The van der Waals surface area contributed by atoms with E-state index in [0.717, 1.165) is 25.3 Å². The van der Waals surface area contributed by atoms with Gasteiger partial charge < -0.3 is 15.0 Å². The van der Waals surface area contributed by atoms with Crippen LogP contribution < -0.4 is 10.1 Å². The quantitative estimate of drug-likeness (QED) is 0.876. The van der Waals surface area contributed by atoms with E-state index in [1.54, 1.807) is 24.3 Å². The molecule has 1 aromatic rings. The molecule has 0 aliphatic carbocycles. The number of halogens is 1. The lowest BCUT2D eigenvalue weighted by molar-refractivity contribution is -0.121. The molecule has 1 aliphatic rings. The minimum atomic E-state index is 0.0410. The Kier molecular flexibility index (Phi) is 5.68. The van der Waals surface area contributed by atoms with Crippen molar-refractivity contribution in [3.05, 3.63) is 29.3 Å². The molecule has 0 spiro atoms. The Labute approximate surface area is 125 Å². The van der Waals surface area contributed by atoms with E-state index in [0.29, 0.717) is 24.1 Å². The molecule has 1 atom stereocenters. The van der Waals surface area contributed by atoms with Crippen molar-refractivity contribution >= 4 is 17.5 Å². The fourth-order valence-corrected chi connectivity index (χ4v) is 2.48. The number of carbonyl (C=O) groups is 1. The zero-order valence-corrected chi connectivity index (χ0v) is 12.5. The third-order valence-electron chi connectivity index (χ3n) is 3.62. The van der Waals surface area contributed by atoms with Crippen LogP contribution in [-0.2, 0) is 4.79 Å². The molecule has 110 valence electrons. The molecular weight excluding hydrogens is 276 g/mol. The smallest absolute Gasteiger partial charge is 0.223 e. The zero-order valence-electron chi connectivity index (χ0n) is 11.8. The second-order valence-electron chi connectivity index (χ2n) is 5.13. The van der Waals surface area contributed by atoms with Crippen molar-refractivity contribution in [3.8, 4) is 5.75 Å². The van der Waals surface area contributed by atoms with Gasteiger partial charge in [-0.15, -0.1) is 0 Å². The van der Waals surface area contributed by atoms with Gasteiger partial charge in [-0.25, -0.2) is 0 Å². The van der Waals surface area contributed by atoms with Gasteiger partial charge in [-0.3, -0.25) is 4.79 Å². The summed E-state index contributed by atoms with van der Waals surface area (Å²) in [6.07, 6.45) is 2.76. The monoisotopic (exact) mass is 296 g/mol. The fraction of sp³-hybridized carbons (Fsp3) is 0.533. The first-order chi connectivity index (χ1) is 9.65. The molecule has 1 aromatic carbocycles. The standard InChI is InChI=1S/C15H21ClN2O2/c1-18-9-2-3-13(18)11-17-15(19)8-10-20-14-6-4-12(16)5-7-14/h4-7,13H,2-3,8-11H2,1H3,(H,17,19)/t13-/m1/s1. The van der Waals surface area contributed by atoms with Gasteiger partial charge >= 0.3 is 0 Å². The van der Waals surface area contributed by atoms with Crippen molar-refractivity contribution < 1.29 is 9.53 Å². The van der Waals surface area contributed by atoms with Gasteiger partial charge in [-0.05, 0) is 50.7 Å². The molecule has 0 bridgehead atoms.